The van der Waals surface area contributed by atoms with Crippen molar-refractivity contribution in [2.24, 2.45) is 0 Å². The van der Waals surface area contributed by atoms with Crippen LogP contribution < -0.4 is 19.5 Å². The largest absolute Gasteiger partial charge is 0.497 e. The van der Waals surface area contributed by atoms with E-state index in [1.54, 1.807) is 12.0 Å². The molecule has 0 saturated heterocycles. The molecule has 2 amide bonds. The molecule has 1 heterocycles. The monoisotopic (exact) mass is 480 g/mol. The van der Waals surface area contributed by atoms with E-state index < -0.39 is 6.04 Å². The second-order valence-corrected chi connectivity index (χ2v) is 9.32. The minimum absolute atomic E-state index is 0.0378. The van der Waals surface area contributed by atoms with Gasteiger partial charge in [-0.3, -0.25) is 9.59 Å². The van der Waals surface area contributed by atoms with Crippen molar-refractivity contribution in [2.75, 3.05) is 13.9 Å². The van der Waals surface area contributed by atoms with Gasteiger partial charge < -0.3 is 24.4 Å². The number of amides is 2. The summed E-state index contributed by atoms with van der Waals surface area (Å²) in [5.74, 6) is 2.11. The summed E-state index contributed by atoms with van der Waals surface area (Å²) in [6.45, 7) is 2.57. The average molecular weight is 481 g/mol. The topological polar surface area (TPSA) is 77.1 Å². The first-order valence-corrected chi connectivity index (χ1v) is 12.7. The van der Waals surface area contributed by atoms with Crippen LogP contribution in [-0.4, -0.2) is 42.7 Å². The molecule has 2 aromatic carbocycles. The molecular formula is C28H36N2O5. The lowest BCUT2D eigenvalue weighted by molar-refractivity contribution is -0.141. The normalized spacial score (nSPS) is 15.9. The van der Waals surface area contributed by atoms with Crippen LogP contribution in [-0.2, 0) is 22.6 Å². The number of carbonyl (C=O) groups excluding carboxylic acids is 2. The molecular weight excluding hydrogens is 444 g/mol. The lowest BCUT2D eigenvalue weighted by Crippen LogP contribution is -2.51. The van der Waals surface area contributed by atoms with E-state index in [2.05, 4.69) is 5.32 Å². The number of ether oxygens (including phenoxy) is 3. The maximum atomic E-state index is 13.5. The summed E-state index contributed by atoms with van der Waals surface area (Å²) in [6.07, 6.45) is 6.98. The third-order valence-electron chi connectivity index (χ3n) is 6.91. The molecule has 7 nitrogen and oxygen atoms in total. The van der Waals surface area contributed by atoms with Crippen LogP contribution in [0.4, 0.5) is 0 Å². The number of methoxy groups -OCH3 is 1. The van der Waals surface area contributed by atoms with Crippen LogP contribution in [0.1, 0.15) is 63.0 Å². The number of carbonyl (C=O) groups is 2. The van der Waals surface area contributed by atoms with Gasteiger partial charge in [0.2, 0.25) is 18.6 Å². The van der Waals surface area contributed by atoms with Gasteiger partial charge in [0.25, 0.3) is 0 Å². The lowest BCUT2D eigenvalue weighted by atomic mass is 9.95. The zero-order valence-electron chi connectivity index (χ0n) is 20.8. The van der Waals surface area contributed by atoms with Gasteiger partial charge in [-0.25, -0.2) is 0 Å². The minimum Gasteiger partial charge on any atom is -0.497 e. The summed E-state index contributed by atoms with van der Waals surface area (Å²) < 4.78 is 16.1. The van der Waals surface area contributed by atoms with E-state index in [1.165, 1.54) is 6.42 Å². The Morgan fingerprint density at radius 3 is 2.46 bits per heavy atom. The molecule has 0 aromatic heterocycles. The van der Waals surface area contributed by atoms with Gasteiger partial charge in [0.1, 0.15) is 11.8 Å². The van der Waals surface area contributed by atoms with Crippen LogP contribution in [0.15, 0.2) is 42.5 Å². The lowest BCUT2D eigenvalue weighted by Gasteiger charge is -2.33. The van der Waals surface area contributed by atoms with Crippen LogP contribution >= 0.6 is 0 Å². The van der Waals surface area contributed by atoms with Crippen molar-refractivity contribution in [2.45, 2.75) is 76.9 Å². The van der Waals surface area contributed by atoms with Crippen molar-refractivity contribution in [3.63, 3.8) is 0 Å². The second kappa shape index (κ2) is 12.0. The molecule has 1 fully saturated rings. The Kier molecular flexibility index (Phi) is 8.50. The minimum atomic E-state index is -0.511. The molecule has 188 valence electrons. The van der Waals surface area contributed by atoms with Gasteiger partial charge in [0.15, 0.2) is 11.5 Å². The Hall–Kier alpha value is -3.22. The van der Waals surface area contributed by atoms with Gasteiger partial charge in [-0.15, -0.1) is 0 Å². The molecule has 35 heavy (non-hydrogen) atoms. The molecule has 0 spiro atoms. The Balaban J connectivity index is 1.48. The molecule has 1 aliphatic heterocycles. The molecule has 2 aliphatic rings. The van der Waals surface area contributed by atoms with Crippen molar-refractivity contribution in [1.29, 1.82) is 0 Å². The fraction of sp³-hybridized carbons (Fsp3) is 0.500. The van der Waals surface area contributed by atoms with Crippen molar-refractivity contribution >= 4 is 11.8 Å². The highest BCUT2D eigenvalue weighted by Gasteiger charge is 2.30. The smallest absolute Gasteiger partial charge is 0.243 e. The second-order valence-electron chi connectivity index (χ2n) is 9.32. The molecule has 0 bridgehead atoms. The van der Waals surface area contributed by atoms with Crippen LogP contribution in [0.2, 0.25) is 0 Å². The van der Waals surface area contributed by atoms with Crippen LogP contribution in [0.3, 0.4) is 0 Å². The van der Waals surface area contributed by atoms with Crippen molar-refractivity contribution in [3.8, 4) is 17.2 Å². The van der Waals surface area contributed by atoms with Gasteiger partial charge in [-0.05, 0) is 61.1 Å². The number of rotatable bonds is 10. The molecule has 1 aliphatic carbocycles. The number of nitrogens with one attached hydrogen (secondary N) is 1. The highest BCUT2D eigenvalue weighted by Crippen LogP contribution is 2.33. The quantitative estimate of drug-likeness (QED) is 0.537. The number of fused-ring (bicyclic) bond motifs is 1. The zero-order valence-corrected chi connectivity index (χ0v) is 20.8. The molecule has 7 heteroatoms. The predicted octanol–water partition coefficient (Wildman–Crippen LogP) is 4.61. The highest BCUT2D eigenvalue weighted by molar-refractivity contribution is 5.88. The molecule has 0 radical (unpaired) electrons. The number of hydrogen-bond donors (Lipinski definition) is 1. The summed E-state index contributed by atoms with van der Waals surface area (Å²) in [7, 11) is 1.63. The summed E-state index contributed by atoms with van der Waals surface area (Å²) in [6, 6.07) is 13.1. The Morgan fingerprint density at radius 1 is 1.03 bits per heavy atom. The maximum absolute atomic E-state index is 13.5. The number of nitrogens with zero attached hydrogens (tertiary/aromatic N) is 1. The third kappa shape index (κ3) is 6.47. The average Bonchev–Trinajstić information content (AvgIpc) is 3.36. The van der Waals surface area contributed by atoms with Gasteiger partial charge in [-0.2, -0.15) is 0 Å². The Morgan fingerprint density at radius 2 is 1.74 bits per heavy atom. The van der Waals surface area contributed by atoms with E-state index >= 15 is 0 Å². The van der Waals surface area contributed by atoms with Crippen LogP contribution in [0, 0.1) is 0 Å². The third-order valence-corrected chi connectivity index (χ3v) is 6.91. The molecule has 1 atom stereocenters. The van der Waals surface area contributed by atoms with Gasteiger partial charge in [-0.1, -0.05) is 44.4 Å². The summed E-state index contributed by atoms with van der Waals surface area (Å²) in [5.41, 5.74) is 1.97. The molecule has 1 saturated carbocycles. The Labute approximate surface area is 207 Å². The standard InChI is InChI=1S/C28H36N2O5/c1-3-24(28(32)29-22-7-5-4-6-8-22)30(18-21-9-13-23(33-2)14-10-21)27(31)16-12-20-11-15-25-26(17-20)35-19-34-25/h9-11,13-15,17,22,24H,3-8,12,16,18-19H2,1-2H3,(H,29,32)/t24-/m0/s1. The fourth-order valence-electron chi connectivity index (χ4n) is 4.88. The van der Waals surface area contributed by atoms with E-state index in [0.717, 1.165) is 48.3 Å². The summed E-state index contributed by atoms with van der Waals surface area (Å²) in [4.78, 5) is 28.6. The van der Waals surface area contributed by atoms with E-state index in [0.29, 0.717) is 31.6 Å². The predicted molar refractivity (Wildman–Crippen MR) is 134 cm³/mol. The van der Waals surface area contributed by atoms with Crippen molar-refractivity contribution < 1.29 is 23.8 Å². The Bertz CT molecular complexity index is 1000. The van der Waals surface area contributed by atoms with Crippen molar-refractivity contribution in [3.05, 3.63) is 53.6 Å². The zero-order chi connectivity index (χ0) is 24.6. The van der Waals surface area contributed by atoms with Gasteiger partial charge in [0, 0.05) is 19.0 Å². The number of hydrogen-bond acceptors (Lipinski definition) is 5. The summed E-state index contributed by atoms with van der Waals surface area (Å²) in [5, 5.41) is 3.23. The van der Waals surface area contributed by atoms with Gasteiger partial charge in [0.05, 0.1) is 7.11 Å². The molecule has 0 unspecified atom stereocenters. The first kappa shape index (κ1) is 24.9. The van der Waals surface area contributed by atoms with E-state index in [1.807, 2.05) is 49.4 Å². The van der Waals surface area contributed by atoms with E-state index in [-0.39, 0.29) is 24.6 Å². The van der Waals surface area contributed by atoms with E-state index in [4.69, 9.17) is 14.2 Å². The van der Waals surface area contributed by atoms with Crippen LogP contribution in [0.25, 0.3) is 0 Å². The number of aryl methyl sites for hydroxylation is 1. The molecule has 1 N–H and O–H groups in total. The van der Waals surface area contributed by atoms with E-state index in [9.17, 15) is 9.59 Å². The van der Waals surface area contributed by atoms with Crippen molar-refractivity contribution in [1.82, 2.24) is 10.2 Å². The van der Waals surface area contributed by atoms with Gasteiger partial charge >= 0.3 is 0 Å². The molecule has 2 aromatic rings. The highest BCUT2D eigenvalue weighted by atomic mass is 16.7. The first-order chi connectivity index (χ1) is 17.1. The fourth-order valence-corrected chi connectivity index (χ4v) is 4.88. The van der Waals surface area contributed by atoms with Crippen LogP contribution in [0.5, 0.6) is 17.2 Å². The SMILES string of the molecule is CC[C@@H](C(=O)NC1CCCCC1)N(Cc1ccc(OC)cc1)C(=O)CCc1ccc2c(c1)OCO2. The summed E-state index contributed by atoms with van der Waals surface area (Å²) >= 11 is 0. The first-order valence-electron chi connectivity index (χ1n) is 12.7. The molecule has 4 rings (SSSR count). The maximum Gasteiger partial charge on any atom is 0.243 e. The number of benzene rings is 2.